The van der Waals surface area contributed by atoms with Crippen molar-refractivity contribution in [2.24, 2.45) is 5.92 Å². The first-order valence-corrected chi connectivity index (χ1v) is 6.60. The zero-order valence-corrected chi connectivity index (χ0v) is 11.6. The van der Waals surface area contributed by atoms with E-state index in [2.05, 4.69) is 30.3 Å². The average Bonchev–Trinajstić information content (AvgIpc) is 3.24. The molecule has 1 aliphatic heterocycles. The van der Waals surface area contributed by atoms with Crippen LogP contribution in [0.5, 0.6) is 0 Å². The van der Waals surface area contributed by atoms with E-state index in [0.717, 1.165) is 19.3 Å². The molecular formula is C17H18O3. The van der Waals surface area contributed by atoms with E-state index in [1.807, 2.05) is 12.2 Å². The van der Waals surface area contributed by atoms with Crippen molar-refractivity contribution in [1.82, 2.24) is 0 Å². The summed E-state index contributed by atoms with van der Waals surface area (Å²) in [5.41, 5.74) is 0. The predicted molar refractivity (Wildman–Crippen MR) is 77.7 cm³/mol. The fourth-order valence-corrected chi connectivity index (χ4v) is 1.38. The summed E-state index contributed by atoms with van der Waals surface area (Å²) in [5, 5.41) is 0. The average molecular weight is 270 g/mol. The highest BCUT2D eigenvalue weighted by molar-refractivity contribution is 6.00. The number of Topliss-reactive ketones (excluding diaryl/α,β-unsaturated/α-hetero) is 2. The van der Waals surface area contributed by atoms with E-state index in [1.165, 1.54) is 6.92 Å². The molecule has 0 aromatic heterocycles. The molecule has 20 heavy (non-hydrogen) atoms. The zero-order chi connectivity index (χ0) is 14.8. The summed E-state index contributed by atoms with van der Waals surface area (Å²) < 4.78 is 4.80. The van der Waals surface area contributed by atoms with Crippen LogP contribution in [-0.4, -0.2) is 24.3 Å². The molecule has 2 unspecified atom stereocenters. The van der Waals surface area contributed by atoms with Crippen molar-refractivity contribution in [3.05, 3.63) is 24.8 Å². The highest BCUT2D eigenvalue weighted by Crippen LogP contribution is 2.08. The lowest BCUT2D eigenvalue weighted by molar-refractivity contribution is -0.118. The van der Waals surface area contributed by atoms with Crippen molar-refractivity contribution >= 4 is 11.6 Å². The molecule has 0 aromatic carbocycles. The van der Waals surface area contributed by atoms with Gasteiger partial charge in [-0.1, -0.05) is 24.1 Å². The molecule has 0 N–H and O–H groups in total. The van der Waals surface area contributed by atoms with Crippen LogP contribution in [0, 0.1) is 29.6 Å². The Kier molecular flexibility index (Phi) is 7.11. The number of hydrogen-bond acceptors (Lipinski definition) is 3. The number of allylic oxidation sites excluding steroid dienone is 3. The second kappa shape index (κ2) is 8.91. The Morgan fingerprint density at radius 3 is 2.75 bits per heavy atom. The van der Waals surface area contributed by atoms with Gasteiger partial charge in [0.05, 0.1) is 12.5 Å². The molecule has 0 saturated carbocycles. The molecule has 2 atom stereocenters. The first kappa shape index (κ1) is 16.0. The third-order valence-corrected chi connectivity index (χ3v) is 2.65. The van der Waals surface area contributed by atoms with Gasteiger partial charge in [-0.2, -0.15) is 0 Å². The third-order valence-electron chi connectivity index (χ3n) is 2.65. The molecule has 0 aliphatic carbocycles. The molecule has 1 rings (SSSR count). The largest absolute Gasteiger partial charge is 0.364 e. The molecule has 0 bridgehead atoms. The Balaban J connectivity index is 2.47. The highest BCUT2D eigenvalue weighted by atomic mass is 16.6. The Bertz CT molecular complexity index is 516. The van der Waals surface area contributed by atoms with E-state index in [4.69, 9.17) is 4.74 Å². The molecule has 0 radical (unpaired) electrons. The van der Waals surface area contributed by atoms with Gasteiger partial charge in [-0.25, -0.2) is 0 Å². The quantitative estimate of drug-likeness (QED) is 0.234. The molecule has 1 fully saturated rings. The van der Waals surface area contributed by atoms with Crippen LogP contribution >= 0.6 is 0 Å². The summed E-state index contributed by atoms with van der Waals surface area (Å²) in [6, 6.07) is 0. The van der Waals surface area contributed by atoms with Crippen LogP contribution in [-0.2, 0) is 14.3 Å². The monoisotopic (exact) mass is 270 g/mol. The number of carbonyl (C=O) groups excluding carboxylic acids is 2. The molecule has 1 saturated heterocycles. The maximum Gasteiger partial charge on any atom is 0.237 e. The lowest BCUT2D eigenvalue weighted by atomic mass is 10.0. The van der Waals surface area contributed by atoms with Crippen LogP contribution in [0.2, 0.25) is 0 Å². The second-order valence-corrected chi connectivity index (χ2v) is 4.44. The number of epoxide rings is 1. The molecular weight excluding hydrogens is 252 g/mol. The van der Waals surface area contributed by atoms with E-state index in [1.54, 1.807) is 6.08 Å². The second-order valence-electron chi connectivity index (χ2n) is 4.44. The van der Waals surface area contributed by atoms with Crippen molar-refractivity contribution in [2.75, 3.05) is 6.61 Å². The molecule has 104 valence electrons. The van der Waals surface area contributed by atoms with E-state index in [-0.39, 0.29) is 17.7 Å². The Hall–Kier alpha value is -2.10. The summed E-state index contributed by atoms with van der Waals surface area (Å²) in [4.78, 5) is 22.6. The van der Waals surface area contributed by atoms with Gasteiger partial charge in [0.25, 0.3) is 0 Å². The summed E-state index contributed by atoms with van der Waals surface area (Å²) in [6.45, 7) is 5.59. The van der Waals surface area contributed by atoms with E-state index < -0.39 is 5.92 Å². The van der Waals surface area contributed by atoms with Gasteiger partial charge in [0.2, 0.25) is 5.78 Å². The Morgan fingerprint density at radius 2 is 2.15 bits per heavy atom. The molecule has 0 amide bonds. The Labute approximate surface area is 120 Å². The lowest BCUT2D eigenvalue weighted by Gasteiger charge is -1.98. The minimum absolute atomic E-state index is 0.0314. The lowest BCUT2D eigenvalue weighted by Crippen LogP contribution is -2.04. The van der Waals surface area contributed by atoms with Gasteiger partial charge in [-0.05, 0) is 43.9 Å². The van der Waals surface area contributed by atoms with Crippen LogP contribution < -0.4 is 0 Å². The number of ether oxygens (including phenoxy) is 1. The van der Waals surface area contributed by atoms with Crippen molar-refractivity contribution in [1.29, 1.82) is 0 Å². The Morgan fingerprint density at radius 1 is 1.40 bits per heavy atom. The fraction of sp³-hybridized carbons (Fsp3) is 0.412. The minimum Gasteiger partial charge on any atom is -0.364 e. The number of carbonyl (C=O) groups is 2. The first-order valence-electron chi connectivity index (χ1n) is 6.60. The zero-order valence-electron chi connectivity index (χ0n) is 11.6. The number of rotatable bonds is 7. The molecule has 1 aliphatic rings. The van der Waals surface area contributed by atoms with Crippen LogP contribution in [0.4, 0.5) is 0 Å². The minimum atomic E-state index is -0.458. The van der Waals surface area contributed by atoms with Crippen LogP contribution in [0.15, 0.2) is 24.8 Å². The van der Waals surface area contributed by atoms with Crippen molar-refractivity contribution in [3.63, 3.8) is 0 Å². The number of ketones is 2. The van der Waals surface area contributed by atoms with Gasteiger partial charge in [-0.15, -0.1) is 6.58 Å². The van der Waals surface area contributed by atoms with Crippen molar-refractivity contribution < 1.29 is 14.3 Å². The summed E-state index contributed by atoms with van der Waals surface area (Å²) in [7, 11) is 0. The smallest absolute Gasteiger partial charge is 0.237 e. The first-order chi connectivity index (χ1) is 9.65. The molecule has 3 nitrogen and oxygen atoms in total. The van der Waals surface area contributed by atoms with E-state index in [0.29, 0.717) is 6.61 Å². The molecule has 0 spiro atoms. The van der Waals surface area contributed by atoms with Gasteiger partial charge >= 0.3 is 0 Å². The van der Waals surface area contributed by atoms with Gasteiger partial charge in [0, 0.05) is 0 Å². The maximum absolute atomic E-state index is 11.4. The van der Waals surface area contributed by atoms with Crippen LogP contribution in [0.3, 0.4) is 0 Å². The standard InChI is InChI=1S/C17H18O3/c1-3-4-5-6-7-10-15(14(2)18)11-8-9-12-16(19)17-13-20-17/h3,7,10,15,17H,1,4-6,13H2,2H3. The number of hydrogen-bond donors (Lipinski definition) is 0. The van der Waals surface area contributed by atoms with Gasteiger partial charge < -0.3 is 4.74 Å². The molecule has 3 heteroatoms. The third kappa shape index (κ3) is 6.73. The highest BCUT2D eigenvalue weighted by Gasteiger charge is 2.29. The van der Waals surface area contributed by atoms with Gasteiger partial charge in [0.1, 0.15) is 5.78 Å². The van der Waals surface area contributed by atoms with Crippen LogP contribution in [0.1, 0.15) is 26.2 Å². The summed E-state index contributed by atoms with van der Waals surface area (Å²) >= 11 is 0. The molecule has 0 aromatic rings. The topological polar surface area (TPSA) is 46.7 Å². The fourth-order valence-electron chi connectivity index (χ4n) is 1.38. The van der Waals surface area contributed by atoms with Crippen molar-refractivity contribution in [3.8, 4) is 23.7 Å². The maximum atomic E-state index is 11.4. The van der Waals surface area contributed by atoms with Gasteiger partial charge in [-0.3, -0.25) is 9.59 Å². The summed E-state index contributed by atoms with van der Waals surface area (Å²) in [5.74, 6) is 9.42. The van der Waals surface area contributed by atoms with E-state index >= 15 is 0 Å². The number of unbranched alkanes of at least 4 members (excludes halogenated alkanes) is 2. The van der Waals surface area contributed by atoms with Crippen LogP contribution in [0.25, 0.3) is 0 Å². The predicted octanol–water partition coefficient (Wildman–Crippen LogP) is 2.08. The normalized spacial score (nSPS) is 17.4. The molecule has 1 heterocycles. The summed E-state index contributed by atoms with van der Waals surface area (Å²) in [6.07, 6.45) is 8.09. The van der Waals surface area contributed by atoms with E-state index in [9.17, 15) is 9.59 Å². The van der Waals surface area contributed by atoms with Gasteiger partial charge in [0.15, 0.2) is 6.10 Å². The van der Waals surface area contributed by atoms with Crippen molar-refractivity contribution in [2.45, 2.75) is 32.3 Å². The SMILES string of the molecule is C=CCCCC=CC(C#CC#CC(=O)C1CO1)C(C)=O.